The van der Waals surface area contributed by atoms with E-state index in [-0.39, 0.29) is 25.2 Å². The number of imide groups is 1. The lowest BCUT2D eigenvalue weighted by atomic mass is 10.1. The van der Waals surface area contributed by atoms with Crippen LogP contribution in [-0.2, 0) is 19.1 Å². The van der Waals surface area contributed by atoms with Gasteiger partial charge in [-0.15, -0.1) is 46.4 Å². The highest BCUT2D eigenvalue weighted by molar-refractivity contribution is 6.44. The number of hydrogen-bond donors (Lipinski definition) is 1. The fourth-order valence-corrected chi connectivity index (χ4v) is 3.10. The number of carbonyl (C=O) groups is 3. The Balaban J connectivity index is 3.00. The standard InChI is InChI=1S/C16H22Cl4N2O4/c1-3-14(23)21-9(4-6-12(17)18)16(25)22-10(5-7-13(19)20)11(26-2)8-15(22)24/h8-10,12-13H,3-7H2,1-2H3,(H,21,23)/t9-,10+/m1/s1. The number of nitrogens with one attached hydrogen (secondary N) is 1. The molecule has 0 unspecified atom stereocenters. The molecule has 0 spiro atoms. The van der Waals surface area contributed by atoms with E-state index >= 15 is 0 Å². The lowest BCUT2D eigenvalue weighted by Gasteiger charge is -2.29. The van der Waals surface area contributed by atoms with Gasteiger partial charge in [0.2, 0.25) is 5.91 Å². The first-order valence-corrected chi connectivity index (χ1v) is 9.94. The molecule has 10 heteroatoms. The summed E-state index contributed by atoms with van der Waals surface area (Å²) < 4.78 is 5.22. The zero-order chi connectivity index (χ0) is 19.9. The molecule has 0 radical (unpaired) electrons. The number of rotatable bonds is 10. The van der Waals surface area contributed by atoms with Crippen LogP contribution in [0.5, 0.6) is 0 Å². The summed E-state index contributed by atoms with van der Waals surface area (Å²) in [5.74, 6) is -1.01. The van der Waals surface area contributed by atoms with Crippen molar-refractivity contribution in [2.45, 2.75) is 60.8 Å². The van der Waals surface area contributed by atoms with Crippen molar-refractivity contribution < 1.29 is 19.1 Å². The summed E-state index contributed by atoms with van der Waals surface area (Å²) in [5, 5.41) is 2.62. The molecule has 1 rings (SSSR count). The van der Waals surface area contributed by atoms with Gasteiger partial charge in [0, 0.05) is 12.5 Å². The fraction of sp³-hybridized carbons (Fsp3) is 0.688. The highest BCUT2D eigenvalue weighted by atomic mass is 35.5. The summed E-state index contributed by atoms with van der Waals surface area (Å²) in [4.78, 5) is 36.9. The molecule has 0 fully saturated rings. The van der Waals surface area contributed by atoms with Gasteiger partial charge in [0.1, 0.15) is 21.5 Å². The Bertz CT molecular complexity index is 554. The minimum Gasteiger partial charge on any atom is -0.499 e. The highest BCUT2D eigenvalue weighted by Crippen LogP contribution is 2.28. The van der Waals surface area contributed by atoms with E-state index in [1.54, 1.807) is 6.92 Å². The molecule has 0 aromatic rings. The van der Waals surface area contributed by atoms with E-state index in [1.165, 1.54) is 13.2 Å². The lowest BCUT2D eigenvalue weighted by Crippen LogP contribution is -2.52. The topological polar surface area (TPSA) is 75.7 Å². The van der Waals surface area contributed by atoms with Gasteiger partial charge < -0.3 is 10.1 Å². The highest BCUT2D eigenvalue weighted by Gasteiger charge is 2.41. The molecular formula is C16H22Cl4N2O4. The van der Waals surface area contributed by atoms with Crippen molar-refractivity contribution in [1.82, 2.24) is 10.2 Å². The Morgan fingerprint density at radius 1 is 1.19 bits per heavy atom. The number of amides is 3. The van der Waals surface area contributed by atoms with Gasteiger partial charge in [0.05, 0.1) is 13.2 Å². The molecule has 6 nitrogen and oxygen atoms in total. The van der Waals surface area contributed by atoms with Gasteiger partial charge in [0.15, 0.2) is 0 Å². The summed E-state index contributed by atoms with van der Waals surface area (Å²) in [6.45, 7) is 1.66. The monoisotopic (exact) mass is 446 g/mol. The van der Waals surface area contributed by atoms with E-state index < -0.39 is 33.6 Å². The minimum absolute atomic E-state index is 0.202. The van der Waals surface area contributed by atoms with Crippen molar-refractivity contribution in [3.63, 3.8) is 0 Å². The Kier molecular flexibility index (Phi) is 10.1. The summed E-state index contributed by atoms with van der Waals surface area (Å²) in [5.41, 5.74) is 0. The van der Waals surface area contributed by atoms with Crippen molar-refractivity contribution in [3.05, 3.63) is 11.8 Å². The number of ether oxygens (including phenoxy) is 1. The van der Waals surface area contributed by atoms with Gasteiger partial charge in [-0.1, -0.05) is 6.92 Å². The SMILES string of the molecule is CCC(=O)N[C@H](CCC(Cl)Cl)C(=O)N1C(=O)C=C(OC)[C@@H]1CCC(Cl)Cl. The van der Waals surface area contributed by atoms with E-state index in [1.807, 2.05) is 0 Å². The first kappa shape index (κ1) is 23.3. The number of alkyl halides is 4. The second-order valence-corrected chi connectivity index (χ2v) is 8.28. The molecule has 0 aromatic carbocycles. The third kappa shape index (κ3) is 6.80. The maximum Gasteiger partial charge on any atom is 0.257 e. The molecule has 2 atom stereocenters. The second kappa shape index (κ2) is 11.2. The molecule has 1 N–H and O–H groups in total. The second-order valence-electron chi connectivity index (χ2n) is 5.72. The summed E-state index contributed by atoms with van der Waals surface area (Å²) in [7, 11) is 1.42. The molecule has 1 heterocycles. The molecule has 1 aliphatic heterocycles. The smallest absolute Gasteiger partial charge is 0.257 e. The third-order valence-electron chi connectivity index (χ3n) is 3.90. The zero-order valence-electron chi connectivity index (χ0n) is 14.5. The maximum absolute atomic E-state index is 13.0. The molecule has 148 valence electrons. The van der Waals surface area contributed by atoms with Crippen LogP contribution in [0.4, 0.5) is 0 Å². The van der Waals surface area contributed by atoms with E-state index in [2.05, 4.69) is 5.32 Å². The van der Waals surface area contributed by atoms with Gasteiger partial charge in [-0.25, -0.2) is 0 Å². The van der Waals surface area contributed by atoms with E-state index in [0.29, 0.717) is 18.6 Å². The molecule has 26 heavy (non-hydrogen) atoms. The van der Waals surface area contributed by atoms with Gasteiger partial charge in [0.25, 0.3) is 11.8 Å². The van der Waals surface area contributed by atoms with E-state index in [4.69, 9.17) is 51.1 Å². The first-order chi connectivity index (χ1) is 12.2. The number of carbonyl (C=O) groups excluding carboxylic acids is 3. The molecule has 0 aromatic heterocycles. The predicted molar refractivity (Wildman–Crippen MR) is 102 cm³/mol. The molecule has 0 saturated carbocycles. The van der Waals surface area contributed by atoms with Crippen LogP contribution in [0.2, 0.25) is 0 Å². The maximum atomic E-state index is 13.0. The quantitative estimate of drug-likeness (QED) is 0.521. The Labute approximate surface area is 173 Å². The van der Waals surface area contributed by atoms with Crippen LogP contribution in [0.3, 0.4) is 0 Å². The van der Waals surface area contributed by atoms with E-state index in [0.717, 1.165) is 4.90 Å². The van der Waals surface area contributed by atoms with Crippen molar-refractivity contribution in [2.75, 3.05) is 7.11 Å². The van der Waals surface area contributed by atoms with Crippen LogP contribution in [-0.4, -0.2) is 51.5 Å². The molecule has 1 aliphatic rings. The fourth-order valence-electron chi connectivity index (χ4n) is 2.59. The Morgan fingerprint density at radius 3 is 2.31 bits per heavy atom. The number of nitrogens with zero attached hydrogens (tertiary/aromatic N) is 1. The van der Waals surface area contributed by atoms with Gasteiger partial charge in [-0.3, -0.25) is 19.3 Å². The van der Waals surface area contributed by atoms with E-state index in [9.17, 15) is 14.4 Å². The van der Waals surface area contributed by atoms with Crippen LogP contribution in [0, 0.1) is 0 Å². The minimum atomic E-state index is -0.915. The normalized spacial score (nSPS) is 18.3. The van der Waals surface area contributed by atoms with Crippen molar-refractivity contribution in [1.29, 1.82) is 0 Å². The average molecular weight is 448 g/mol. The molecule has 3 amide bonds. The number of methoxy groups -OCH3 is 1. The van der Waals surface area contributed by atoms with Gasteiger partial charge >= 0.3 is 0 Å². The van der Waals surface area contributed by atoms with Crippen LogP contribution in [0.1, 0.15) is 39.0 Å². The Morgan fingerprint density at radius 2 is 1.81 bits per heavy atom. The average Bonchev–Trinajstić information content (AvgIpc) is 2.90. The summed E-state index contributed by atoms with van der Waals surface area (Å²) in [6.07, 6.45) is 2.65. The molecule has 0 aliphatic carbocycles. The first-order valence-electron chi connectivity index (χ1n) is 8.19. The van der Waals surface area contributed by atoms with Crippen LogP contribution >= 0.6 is 46.4 Å². The third-order valence-corrected chi connectivity index (χ3v) is 4.78. The molecule has 0 bridgehead atoms. The Hall–Kier alpha value is -0.690. The van der Waals surface area contributed by atoms with Crippen LogP contribution in [0.25, 0.3) is 0 Å². The van der Waals surface area contributed by atoms with Gasteiger partial charge in [-0.2, -0.15) is 0 Å². The van der Waals surface area contributed by atoms with Crippen molar-refractivity contribution in [2.24, 2.45) is 0 Å². The van der Waals surface area contributed by atoms with Crippen LogP contribution in [0.15, 0.2) is 11.8 Å². The summed E-state index contributed by atoms with van der Waals surface area (Å²) >= 11 is 23.0. The lowest BCUT2D eigenvalue weighted by molar-refractivity contribution is -0.146. The number of halogens is 4. The predicted octanol–water partition coefficient (Wildman–Crippen LogP) is 3.32. The summed E-state index contributed by atoms with van der Waals surface area (Å²) in [6, 6.07) is -1.54. The van der Waals surface area contributed by atoms with Gasteiger partial charge in [-0.05, 0) is 25.7 Å². The van der Waals surface area contributed by atoms with Crippen molar-refractivity contribution >= 4 is 64.1 Å². The van der Waals surface area contributed by atoms with Crippen molar-refractivity contribution in [3.8, 4) is 0 Å². The number of hydrogen-bond acceptors (Lipinski definition) is 4. The van der Waals surface area contributed by atoms with Crippen LogP contribution < -0.4 is 5.32 Å². The zero-order valence-corrected chi connectivity index (χ0v) is 17.5. The molecular weight excluding hydrogens is 426 g/mol. The largest absolute Gasteiger partial charge is 0.499 e. The molecule has 0 saturated heterocycles.